The highest BCUT2D eigenvalue weighted by atomic mass is 16.5. The highest BCUT2D eigenvalue weighted by Crippen LogP contribution is 2.10. The molecule has 0 N–H and O–H groups in total. The second kappa shape index (κ2) is 15.0. The second-order valence-electron chi connectivity index (χ2n) is 7.62. The monoisotopic (exact) mass is 354 g/mol. The van der Waals surface area contributed by atoms with Crippen LogP contribution in [0, 0.1) is 11.8 Å². The molecule has 0 rings (SSSR count). The Kier molecular flexibility index (Phi) is 14.2. The van der Waals surface area contributed by atoms with Crippen LogP contribution in [-0.2, 0) is 19.1 Å². The number of unbranched alkanes of at least 4 members (excludes halogenated alkanes) is 4. The molecule has 4 heteroatoms. The van der Waals surface area contributed by atoms with Crippen molar-refractivity contribution >= 4 is 11.9 Å². The molecule has 0 aliphatic carbocycles. The molecule has 0 aromatic carbocycles. The Morgan fingerprint density at radius 2 is 1.24 bits per heavy atom. The Labute approximate surface area is 154 Å². The van der Waals surface area contributed by atoms with Gasteiger partial charge in [-0.1, -0.05) is 72.8 Å². The van der Waals surface area contributed by atoms with Crippen LogP contribution in [0.3, 0.4) is 0 Å². The first-order chi connectivity index (χ1) is 11.8. The summed E-state index contributed by atoms with van der Waals surface area (Å²) in [4.78, 5) is 23.5. The highest BCUT2D eigenvalue weighted by Gasteiger charge is 2.14. The van der Waals surface area contributed by atoms with E-state index in [1.54, 1.807) is 0 Å². The summed E-state index contributed by atoms with van der Waals surface area (Å²) in [6, 6.07) is 0. The third kappa shape index (κ3) is 15.9. The number of carbonyl (C=O) groups excluding carboxylic acids is 2. The van der Waals surface area contributed by atoms with Crippen LogP contribution < -0.4 is 0 Å². The van der Waals surface area contributed by atoms with Crippen LogP contribution in [0.5, 0.6) is 0 Å². The van der Waals surface area contributed by atoms with Crippen molar-refractivity contribution in [3.63, 3.8) is 0 Å². The number of rotatable bonds is 15. The van der Waals surface area contributed by atoms with E-state index in [0.29, 0.717) is 25.0 Å². The normalized spacial score (nSPS) is 11.0. The smallest absolute Gasteiger partial charge is 0.333 e. The molecule has 0 aliphatic rings. The summed E-state index contributed by atoms with van der Waals surface area (Å²) in [6.45, 7) is 13.3. The van der Waals surface area contributed by atoms with Gasteiger partial charge >= 0.3 is 11.9 Å². The van der Waals surface area contributed by atoms with Crippen molar-refractivity contribution in [1.29, 1.82) is 0 Å². The number of ether oxygens (including phenoxy) is 2. The van der Waals surface area contributed by atoms with Crippen LogP contribution in [0.1, 0.15) is 85.5 Å². The molecule has 0 aromatic rings. The van der Waals surface area contributed by atoms with E-state index in [9.17, 15) is 9.59 Å². The zero-order valence-corrected chi connectivity index (χ0v) is 16.8. The van der Waals surface area contributed by atoms with Gasteiger partial charge < -0.3 is 9.47 Å². The van der Waals surface area contributed by atoms with E-state index in [4.69, 9.17) is 9.47 Å². The molecule has 0 atom stereocenters. The van der Waals surface area contributed by atoms with Crippen LogP contribution in [0.15, 0.2) is 12.2 Å². The number of carbonyl (C=O) groups is 2. The molecule has 0 amide bonds. The molecule has 0 bridgehead atoms. The van der Waals surface area contributed by atoms with Gasteiger partial charge in [-0.25, -0.2) is 4.79 Å². The van der Waals surface area contributed by atoms with Crippen molar-refractivity contribution < 1.29 is 19.1 Å². The topological polar surface area (TPSA) is 52.6 Å². The average molecular weight is 355 g/mol. The van der Waals surface area contributed by atoms with Crippen LogP contribution >= 0.6 is 0 Å². The van der Waals surface area contributed by atoms with E-state index in [0.717, 1.165) is 38.5 Å². The van der Waals surface area contributed by atoms with Crippen molar-refractivity contribution in [2.75, 3.05) is 13.2 Å². The fourth-order valence-corrected chi connectivity index (χ4v) is 2.41. The molecule has 0 saturated heterocycles. The Hall–Kier alpha value is -1.32. The van der Waals surface area contributed by atoms with E-state index in [2.05, 4.69) is 34.3 Å². The predicted molar refractivity (Wildman–Crippen MR) is 102 cm³/mol. The van der Waals surface area contributed by atoms with E-state index in [-0.39, 0.29) is 12.0 Å². The zero-order valence-electron chi connectivity index (χ0n) is 16.8. The first kappa shape index (κ1) is 23.7. The van der Waals surface area contributed by atoms with E-state index < -0.39 is 11.9 Å². The number of hydrogen-bond donors (Lipinski definition) is 0. The lowest BCUT2D eigenvalue weighted by atomic mass is 10.1. The summed E-state index contributed by atoms with van der Waals surface area (Å²) in [7, 11) is 0. The molecule has 4 nitrogen and oxygen atoms in total. The summed E-state index contributed by atoms with van der Waals surface area (Å²) in [6.07, 6.45) is 8.46. The van der Waals surface area contributed by atoms with Gasteiger partial charge in [0.1, 0.15) is 0 Å². The van der Waals surface area contributed by atoms with Gasteiger partial charge in [-0.05, 0) is 24.7 Å². The quantitative estimate of drug-likeness (QED) is 0.223. The maximum atomic E-state index is 11.8. The Morgan fingerprint density at radius 3 is 1.72 bits per heavy atom. The maximum absolute atomic E-state index is 11.8. The first-order valence-electron chi connectivity index (χ1n) is 9.83. The Balaban J connectivity index is 3.64. The van der Waals surface area contributed by atoms with Gasteiger partial charge in [-0.15, -0.1) is 0 Å². The lowest BCUT2D eigenvalue weighted by Crippen LogP contribution is -2.14. The predicted octanol–water partition coefficient (Wildman–Crippen LogP) is 5.45. The van der Waals surface area contributed by atoms with Crippen LogP contribution in [0.2, 0.25) is 0 Å². The number of hydrogen-bond acceptors (Lipinski definition) is 4. The second-order valence-corrected chi connectivity index (χ2v) is 7.62. The SMILES string of the molecule is C=C(CC(=O)OCCCCCC(C)C)C(=O)OCCCCCC(C)C. The lowest BCUT2D eigenvalue weighted by molar-refractivity contribution is -0.146. The van der Waals surface area contributed by atoms with Crippen molar-refractivity contribution in [2.24, 2.45) is 11.8 Å². The van der Waals surface area contributed by atoms with Gasteiger partial charge in [-0.2, -0.15) is 0 Å². The molecular weight excluding hydrogens is 316 g/mol. The van der Waals surface area contributed by atoms with Crippen LogP contribution in [0.25, 0.3) is 0 Å². The molecule has 25 heavy (non-hydrogen) atoms. The minimum Gasteiger partial charge on any atom is -0.465 e. The third-order valence-corrected chi connectivity index (χ3v) is 3.99. The molecule has 0 heterocycles. The molecule has 0 spiro atoms. The van der Waals surface area contributed by atoms with Gasteiger partial charge in [0.25, 0.3) is 0 Å². The molecule has 0 radical (unpaired) electrons. The zero-order chi connectivity index (χ0) is 19.1. The van der Waals surface area contributed by atoms with Crippen molar-refractivity contribution in [3.8, 4) is 0 Å². The minimum atomic E-state index is -0.488. The van der Waals surface area contributed by atoms with Gasteiger partial charge in [0.05, 0.1) is 19.6 Å². The Morgan fingerprint density at radius 1 is 0.760 bits per heavy atom. The molecule has 146 valence electrons. The minimum absolute atomic E-state index is 0.0851. The molecule has 0 aromatic heterocycles. The van der Waals surface area contributed by atoms with E-state index in [1.807, 2.05) is 0 Å². The van der Waals surface area contributed by atoms with Crippen molar-refractivity contribution in [2.45, 2.75) is 85.5 Å². The summed E-state index contributed by atoms with van der Waals surface area (Å²) in [5.74, 6) is 0.538. The Bertz CT molecular complexity index is 385. The molecule has 0 fully saturated rings. The van der Waals surface area contributed by atoms with Gasteiger partial charge in [-0.3, -0.25) is 4.79 Å². The van der Waals surface area contributed by atoms with E-state index >= 15 is 0 Å². The fourth-order valence-electron chi connectivity index (χ4n) is 2.41. The van der Waals surface area contributed by atoms with E-state index in [1.165, 1.54) is 12.8 Å². The summed E-state index contributed by atoms with van der Waals surface area (Å²) < 4.78 is 10.3. The first-order valence-corrected chi connectivity index (χ1v) is 9.83. The third-order valence-electron chi connectivity index (χ3n) is 3.99. The van der Waals surface area contributed by atoms with Crippen molar-refractivity contribution in [1.82, 2.24) is 0 Å². The average Bonchev–Trinajstić information content (AvgIpc) is 2.53. The maximum Gasteiger partial charge on any atom is 0.333 e. The standard InChI is InChI=1S/C21H38O4/c1-17(2)12-8-6-10-14-24-20(22)16-19(5)21(23)25-15-11-7-9-13-18(3)4/h17-18H,5-16H2,1-4H3. The largest absolute Gasteiger partial charge is 0.465 e. The summed E-state index contributed by atoms with van der Waals surface area (Å²) >= 11 is 0. The molecule has 0 aliphatic heterocycles. The number of esters is 2. The van der Waals surface area contributed by atoms with Gasteiger partial charge in [0.2, 0.25) is 0 Å². The lowest BCUT2D eigenvalue weighted by Gasteiger charge is -2.08. The molecule has 0 unspecified atom stereocenters. The van der Waals surface area contributed by atoms with Crippen molar-refractivity contribution in [3.05, 3.63) is 12.2 Å². The molecular formula is C21H38O4. The van der Waals surface area contributed by atoms with Crippen LogP contribution in [0.4, 0.5) is 0 Å². The van der Waals surface area contributed by atoms with Gasteiger partial charge in [0.15, 0.2) is 0 Å². The molecule has 0 saturated carbocycles. The summed E-state index contributed by atoms with van der Waals surface area (Å²) in [5.41, 5.74) is 0.173. The van der Waals surface area contributed by atoms with Gasteiger partial charge in [0, 0.05) is 5.57 Å². The fraction of sp³-hybridized carbons (Fsp3) is 0.810. The highest BCUT2D eigenvalue weighted by molar-refractivity contribution is 5.93. The van der Waals surface area contributed by atoms with Crippen LogP contribution in [-0.4, -0.2) is 25.2 Å². The summed E-state index contributed by atoms with van der Waals surface area (Å²) in [5, 5.41) is 0.